The van der Waals surface area contributed by atoms with Gasteiger partial charge in [-0.15, -0.1) is 0 Å². The molecule has 0 radical (unpaired) electrons. The van der Waals surface area contributed by atoms with Crippen molar-refractivity contribution in [1.29, 1.82) is 0 Å². The SMILES string of the molecule is CCCC(C)n1c(C(C)C)nc2ccccc21. The summed E-state index contributed by atoms with van der Waals surface area (Å²) in [5.41, 5.74) is 2.40. The molecule has 1 unspecified atom stereocenters. The standard InChI is InChI=1S/C15H22N2/c1-5-8-12(4)17-14-10-7-6-9-13(14)16-15(17)11(2)3/h6-7,9-12H,5,8H2,1-4H3. The second kappa shape index (κ2) is 4.91. The predicted molar refractivity (Wildman–Crippen MR) is 73.4 cm³/mol. The summed E-state index contributed by atoms with van der Waals surface area (Å²) in [4.78, 5) is 4.78. The molecule has 2 rings (SSSR count). The number of para-hydroxylation sites is 2. The second-order valence-corrected chi connectivity index (χ2v) is 5.12. The zero-order valence-electron chi connectivity index (χ0n) is 11.3. The first-order chi connectivity index (χ1) is 8.15. The van der Waals surface area contributed by atoms with E-state index < -0.39 is 0 Å². The zero-order chi connectivity index (χ0) is 12.4. The fourth-order valence-corrected chi connectivity index (χ4v) is 2.48. The molecule has 0 fully saturated rings. The van der Waals surface area contributed by atoms with Crippen molar-refractivity contribution in [2.45, 2.75) is 52.5 Å². The highest BCUT2D eigenvalue weighted by Crippen LogP contribution is 2.27. The van der Waals surface area contributed by atoms with E-state index >= 15 is 0 Å². The molecule has 1 heterocycles. The fourth-order valence-electron chi connectivity index (χ4n) is 2.48. The Balaban J connectivity index is 2.59. The van der Waals surface area contributed by atoms with Gasteiger partial charge < -0.3 is 4.57 Å². The summed E-state index contributed by atoms with van der Waals surface area (Å²) in [5, 5.41) is 0. The third-order valence-corrected chi connectivity index (χ3v) is 3.29. The van der Waals surface area contributed by atoms with E-state index in [-0.39, 0.29) is 0 Å². The van der Waals surface area contributed by atoms with E-state index in [1.165, 1.54) is 24.2 Å². The average molecular weight is 230 g/mol. The van der Waals surface area contributed by atoms with Gasteiger partial charge >= 0.3 is 0 Å². The van der Waals surface area contributed by atoms with Crippen molar-refractivity contribution < 1.29 is 0 Å². The molecule has 0 aliphatic carbocycles. The number of fused-ring (bicyclic) bond motifs is 1. The lowest BCUT2D eigenvalue weighted by Gasteiger charge is -2.18. The molecule has 0 bridgehead atoms. The molecule has 1 aromatic carbocycles. The van der Waals surface area contributed by atoms with Crippen LogP contribution in [-0.2, 0) is 0 Å². The van der Waals surface area contributed by atoms with Crippen molar-refractivity contribution in [3.8, 4) is 0 Å². The van der Waals surface area contributed by atoms with Crippen molar-refractivity contribution in [3.05, 3.63) is 30.1 Å². The molecule has 0 saturated heterocycles. The number of imidazole rings is 1. The monoisotopic (exact) mass is 230 g/mol. The van der Waals surface area contributed by atoms with Gasteiger partial charge in [0.05, 0.1) is 11.0 Å². The summed E-state index contributed by atoms with van der Waals surface area (Å²) in [6, 6.07) is 8.98. The van der Waals surface area contributed by atoms with Crippen LogP contribution in [0.5, 0.6) is 0 Å². The molecule has 0 saturated carbocycles. The van der Waals surface area contributed by atoms with Crippen LogP contribution in [-0.4, -0.2) is 9.55 Å². The van der Waals surface area contributed by atoms with Crippen molar-refractivity contribution in [2.75, 3.05) is 0 Å². The summed E-state index contributed by atoms with van der Waals surface area (Å²) < 4.78 is 2.42. The number of rotatable bonds is 4. The van der Waals surface area contributed by atoms with Crippen LogP contribution < -0.4 is 0 Å². The van der Waals surface area contributed by atoms with Crippen LogP contribution in [0.25, 0.3) is 11.0 Å². The van der Waals surface area contributed by atoms with Gasteiger partial charge in [0.15, 0.2) is 0 Å². The number of hydrogen-bond acceptors (Lipinski definition) is 1. The Morgan fingerprint density at radius 3 is 2.53 bits per heavy atom. The number of aromatic nitrogens is 2. The molecule has 92 valence electrons. The van der Waals surface area contributed by atoms with E-state index in [1.807, 2.05) is 0 Å². The second-order valence-electron chi connectivity index (χ2n) is 5.12. The van der Waals surface area contributed by atoms with Crippen LogP contribution >= 0.6 is 0 Å². The normalized spacial score (nSPS) is 13.5. The minimum absolute atomic E-state index is 0.474. The average Bonchev–Trinajstić information content (AvgIpc) is 2.68. The quantitative estimate of drug-likeness (QED) is 0.755. The molecular weight excluding hydrogens is 208 g/mol. The van der Waals surface area contributed by atoms with Crippen LogP contribution in [0.1, 0.15) is 58.3 Å². The number of hydrogen-bond donors (Lipinski definition) is 0. The Morgan fingerprint density at radius 2 is 1.88 bits per heavy atom. The van der Waals surface area contributed by atoms with Crippen molar-refractivity contribution in [3.63, 3.8) is 0 Å². The number of nitrogens with zero attached hydrogens (tertiary/aromatic N) is 2. The molecule has 17 heavy (non-hydrogen) atoms. The van der Waals surface area contributed by atoms with Crippen molar-refractivity contribution in [1.82, 2.24) is 9.55 Å². The molecule has 2 nitrogen and oxygen atoms in total. The van der Waals surface area contributed by atoms with E-state index in [0.717, 1.165) is 5.52 Å². The predicted octanol–water partition coefficient (Wildman–Crippen LogP) is 4.52. The first-order valence-corrected chi connectivity index (χ1v) is 6.62. The summed E-state index contributed by atoms with van der Waals surface area (Å²) >= 11 is 0. The summed E-state index contributed by atoms with van der Waals surface area (Å²) in [6.45, 7) is 8.97. The van der Waals surface area contributed by atoms with Crippen LogP contribution in [0.2, 0.25) is 0 Å². The Bertz CT molecular complexity index is 497. The Morgan fingerprint density at radius 1 is 1.18 bits per heavy atom. The van der Waals surface area contributed by atoms with Gasteiger partial charge in [0.1, 0.15) is 5.82 Å². The molecule has 2 heteroatoms. The van der Waals surface area contributed by atoms with E-state index in [2.05, 4.69) is 56.5 Å². The van der Waals surface area contributed by atoms with Gasteiger partial charge in [-0.05, 0) is 25.5 Å². The largest absolute Gasteiger partial charge is 0.325 e. The minimum Gasteiger partial charge on any atom is -0.325 e. The van der Waals surface area contributed by atoms with Crippen LogP contribution in [0.15, 0.2) is 24.3 Å². The van der Waals surface area contributed by atoms with Gasteiger partial charge in [-0.1, -0.05) is 39.3 Å². The van der Waals surface area contributed by atoms with Crippen LogP contribution in [0.4, 0.5) is 0 Å². The maximum absolute atomic E-state index is 4.78. The highest BCUT2D eigenvalue weighted by molar-refractivity contribution is 5.76. The Labute approximate surface area is 104 Å². The first kappa shape index (κ1) is 12.2. The lowest BCUT2D eigenvalue weighted by molar-refractivity contribution is 0.485. The molecular formula is C15H22N2. The Hall–Kier alpha value is -1.31. The van der Waals surface area contributed by atoms with Crippen LogP contribution in [0.3, 0.4) is 0 Å². The maximum Gasteiger partial charge on any atom is 0.112 e. The minimum atomic E-state index is 0.474. The maximum atomic E-state index is 4.78. The van der Waals surface area contributed by atoms with E-state index in [1.54, 1.807) is 0 Å². The topological polar surface area (TPSA) is 17.8 Å². The lowest BCUT2D eigenvalue weighted by atomic mass is 10.1. The summed E-state index contributed by atoms with van der Waals surface area (Å²) in [6.07, 6.45) is 2.42. The van der Waals surface area contributed by atoms with Crippen molar-refractivity contribution >= 4 is 11.0 Å². The molecule has 0 aliphatic heterocycles. The first-order valence-electron chi connectivity index (χ1n) is 6.62. The Kier molecular flexibility index (Phi) is 3.51. The third-order valence-electron chi connectivity index (χ3n) is 3.29. The van der Waals surface area contributed by atoms with Gasteiger partial charge in [-0.2, -0.15) is 0 Å². The molecule has 1 atom stereocenters. The molecule has 1 aromatic heterocycles. The van der Waals surface area contributed by atoms with Gasteiger partial charge in [0.2, 0.25) is 0 Å². The molecule has 0 aliphatic rings. The van der Waals surface area contributed by atoms with Gasteiger partial charge in [0, 0.05) is 12.0 Å². The highest BCUT2D eigenvalue weighted by Gasteiger charge is 2.16. The molecule has 0 spiro atoms. The van der Waals surface area contributed by atoms with E-state index in [9.17, 15) is 0 Å². The summed E-state index contributed by atoms with van der Waals surface area (Å²) in [7, 11) is 0. The molecule has 2 aromatic rings. The summed E-state index contributed by atoms with van der Waals surface area (Å²) in [5.74, 6) is 1.69. The van der Waals surface area contributed by atoms with Crippen LogP contribution in [0, 0.1) is 0 Å². The fraction of sp³-hybridized carbons (Fsp3) is 0.533. The molecule has 0 N–H and O–H groups in total. The van der Waals surface area contributed by atoms with Gasteiger partial charge in [-0.3, -0.25) is 0 Å². The van der Waals surface area contributed by atoms with E-state index in [0.29, 0.717) is 12.0 Å². The van der Waals surface area contributed by atoms with Crippen molar-refractivity contribution in [2.24, 2.45) is 0 Å². The number of benzene rings is 1. The van der Waals surface area contributed by atoms with Gasteiger partial charge in [-0.25, -0.2) is 4.98 Å². The third kappa shape index (κ3) is 2.21. The molecule has 0 amide bonds. The van der Waals surface area contributed by atoms with E-state index in [4.69, 9.17) is 4.98 Å². The zero-order valence-corrected chi connectivity index (χ0v) is 11.3. The van der Waals surface area contributed by atoms with Gasteiger partial charge in [0.25, 0.3) is 0 Å². The lowest BCUT2D eigenvalue weighted by Crippen LogP contribution is -2.10. The highest BCUT2D eigenvalue weighted by atomic mass is 15.1. The smallest absolute Gasteiger partial charge is 0.112 e.